The fourth-order valence-corrected chi connectivity index (χ4v) is 4.24. The van der Waals surface area contributed by atoms with Gasteiger partial charge < -0.3 is 10.2 Å². The molecule has 1 aromatic heterocycles. The quantitative estimate of drug-likeness (QED) is 0.682. The van der Waals surface area contributed by atoms with E-state index in [4.69, 9.17) is 0 Å². The van der Waals surface area contributed by atoms with E-state index in [2.05, 4.69) is 15.5 Å². The van der Waals surface area contributed by atoms with E-state index in [-0.39, 0.29) is 11.5 Å². The molecule has 0 unspecified atom stereocenters. The number of rotatable bonds is 6. The van der Waals surface area contributed by atoms with Crippen molar-refractivity contribution in [1.82, 2.24) is 20.4 Å². The van der Waals surface area contributed by atoms with Gasteiger partial charge in [-0.2, -0.15) is 10.2 Å². The molecule has 5 rings (SSSR count). The topological polar surface area (TPSA) is 58.1 Å². The molecular formula is C24H25FN4O. The van der Waals surface area contributed by atoms with Crippen LogP contribution >= 0.6 is 0 Å². The number of nitrogens with one attached hydrogen (secondary N) is 1. The number of likely N-dealkylation sites (tertiary alicyclic amines) is 1. The Kier molecular flexibility index (Phi) is 5.17. The molecule has 1 saturated heterocycles. The summed E-state index contributed by atoms with van der Waals surface area (Å²) in [5.41, 5.74) is 1.82. The Balaban J connectivity index is 1.27. The molecule has 1 N–H and O–H groups in total. The minimum Gasteiger partial charge on any atom is -0.338 e. The highest BCUT2D eigenvalue weighted by Crippen LogP contribution is 2.24. The number of carbonyl (C=O) groups excluding carboxylic acids is 1. The van der Waals surface area contributed by atoms with Crippen molar-refractivity contribution in [1.29, 1.82) is 0 Å². The normalized spacial score (nSPS) is 17.0. The highest BCUT2D eigenvalue weighted by atomic mass is 19.1. The maximum Gasteiger partial charge on any atom is 0.256 e. The molecule has 2 heterocycles. The van der Waals surface area contributed by atoms with Crippen LogP contribution in [0.4, 0.5) is 4.39 Å². The maximum atomic E-state index is 14.4. The number of benzene rings is 2. The molecule has 2 fully saturated rings. The monoisotopic (exact) mass is 404 g/mol. The summed E-state index contributed by atoms with van der Waals surface area (Å²) in [6, 6.07) is 13.4. The lowest BCUT2D eigenvalue weighted by molar-refractivity contribution is 0.0485. The van der Waals surface area contributed by atoms with E-state index in [1.54, 1.807) is 23.2 Å². The Morgan fingerprint density at radius 3 is 2.80 bits per heavy atom. The minimum atomic E-state index is -0.469. The van der Waals surface area contributed by atoms with Gasteiger partial charge in [-0.15, -0.1) is 0 Å². The zero-order valence-electron chi connectivity index (χ0n) is 16.9. The van der Waals surface area contributed by atoms with Crippen molar-refractivity contribution in [2.24, 2.45) is 5.92 Å². The number of halogens is 1. The lowest BCUT2D eigenvalue weighted by Gasteiger charge is -2.41. The van der Waals surface area contributed by atoms with Crippen LogP contribution in [0.1, 0.15) is 40.9 Å². The maximum absolute atomic E-state index is 14.4. The van der Waals surface area contributed by atoms with Crippen LogP contribution in [-0.4, -0.2) is 46.7 Å². The summed E-state index contributed by atoms with van der Waals surface area (Å²) in [6.07, 6.45) is 6.07. The second kappa shape index (κ2) is 8.11. The highest BCUT2D eigenvalue weighted by molar-refractivity contribution is 5.95. The van der Waals surface area contributed by atoms with Gasteiger partial charge in [0.2, 0.25) is 0 Å². The van der Waals surface area contributed by atoms with Crippen LogP contribution in [0, 0.1) is 11.7 Å². The van der Waals surface area contributed by atoms with E-state index in [1.807, 2.05) is 24.3 Å². The predicted octanol–water partition coefficient (Wildman–Crippen LogP) is 3.57. The molecule has 1 aliphatic heterocycles. The molecule has 0 radical (unpaired) electrons. The third-order valence-electron chi connectivity index (χ3n) is 6.32. The summed E-state index contributed by atoms with van der Waals surface area (Å²) in [6.45, 7) is 2.32. The average molecular weight is 404 g/mol. The SMILES string of the molecule is O=C(c1cc(Cc2nncc3ccccc23)ccc1F)N1CC(CNC2CCC2)C1. The van der Waals surface area contributed by atoms with Crippen molar-refractivity contribution in [2.75, 3.05) is 19.6 Å². The largest absolute Gasteiger partial charge is 0.338 e. The van der Waals surface area contributed by atoms with E-state index in [0.717, 1.165) is 28.6 Å². The van der Waals surface area contributed by atoms with Gasteiger partial charge in [0, 0.05) is 48.8 Å². The van der Waals surface area contributed by atoms with E-state index in [1.165, 1.54) is 25.3 Å². The van der Waals surface area contributed by atoms with Gasteiger partial charge in [0.1, 0.15) is 5.82 Å². The van der Waals surface area contributed by atoms with E-state index >= 15 is 0 Å². The summed E-state index contributed by atoms with van der Waals surface area (Å²) in [4.78, 5) is 14.6. The van der Waals surface area contributed by atoms with Gasteiger partial charge in [-0.3, -0.25) is 4.79 Å². The number of fused-ring (bicyclic) bond motifs is 1. The van der Waals surface area contributed by atoms with Crippen molar-refractivity contribution in [3.8, 4) is 0 Å². The Bertz CT molecular complexity index is 1070. The molecule has 30 heavy (non-hydrogen) atoms. The molecule has 6 heteroatoms. The average Bonchev–Trinajstić information content (AvgIpc) is 2.69. The number of carbonyl (C=O) groups is 1. The molecule has 1 amide bonds. The Hall–Kier alpha value is -2.86. The minimum absolute atomic E-state index is 0.145. The number of aromatic nitrogens is 2. The molecule has 2 aliphatic rings. The Morgan fingerprint density at radius 1 is 1.17 bits per heavy atom. The fourth-order valence-electron chi connectivity index (χ4n) is 4.24. The molecule has 0 bridgehead atoms. The van der Waals surface area contributed by atoms with Gasteiger partial charge in [-0.1, -0.05) is 36.8 Å². The van der Waals surface area contributed by atoms with Crippen molar-refractivity contribution in [3.05, 3.63) is 71.3 Å². The van der Waals surface area contributed by atoms with Gasteiger partial charge in [0.15, 0.2) is 0 Å². The first-order valence-corrected chi connectivity index (χ1v) is 10.7. The zero-order chi connectivity index (χ0) is 20.5. The summed E-state index contributed by atoms with van der Waals surface area (Å²) in [7, 11) is 0. The van der Waals surface area contributed by atoms with Gasteiger partial charge in [0.05, 0.1) is 17.5 Å². The standard InChI is InChI=1S/C24H25FN4O/c25-22-9-8-16(11-23-20-7-2-1-4-18(20)13-27-28-23)10-21(22)24(30)29-14-17(15-29)12-26-19-5-3-6-19/h1-2,4,7-10,13,17,19,26H,3,5-6,11-12,14-15H2. The molecular weight excluding hydrogens is 379 g/mol. The van der Waals surface area contributed by atoms with Gasteiger partial charge >= 0.3 is 0 Å². The molecule has 2 aromatic carbocycles. The summed E-state index contributed by atoms with van der Waals surface area (Å²) < 4.78 is 14.4. The third-order valence-corrected chi connectivity index (χ3v) is 6.32. The van der Waals surface area contributed by atoms with Gasteiger partial charge in [-0.05, 0) is 30.5 Å². The molecule has 0 atom stereocenters. The summed E-state index contributed by atoms with van der Waals surface area (Å²) in [5, 5.41) is 13.9. The van der Waals surface area contributed by atoms with Crippen molar-refractivity contribution >= 4 is 16.7 Å². The van der Waals surface area contributed by atoms with Crippen molar-refractivity contribution in [2.45, 2.75) is 31.7 Å². The first-order valence-electron chi connectivity index (χ1n) is 10.7. The number of hydrogen-bond donors (Lipinski definition) is 1. The molecule has 1 aliphatic carbocycles. The van der Waals surface area contributed by atoms with E-state index in [0.29, 0.717) is 31.5 Å². The number of nitrogens with zero attached hydrogens (tertiary/aromatic N) is 3. The molecule has 1 saturated carbocycles. The van der Waals surface area contributed by atoms with Crippen LogP contribution in [0.25, 0.3) is 10.8 Å². The van der Waals surface area contributed by atoms with E-state index in [9.17, 15) is 9.18 Å². The summed E-state index contributed by atoms with van der Waals surface area (Å²) >= 11 is 0. The first-order chi connectivity index (χ1) is 14.7. The van der Waals surface area contributed by atoms with Crippen LogP contribution in [-0.2, 0) is 6.42 Å². The van der Waals surface area contributed by atoms with Crippen LogP contribution in [0.15, 0.2) is 48.7 Å². The Morgan fingerprint density at radius 2 is 2.00 bits per heavy atom. The highest BCUT2D eigenvalue weighted by Gasteiger charge is 2.33. The second-order valence-corrected chi connectivity index (χ2v) is 8.48. The van der Waals surface area contributed by atoms with Crippen LogP contribution < -0.4 is 5.32 Å². The zero-order valence-corrected chi connectivity index (χ0v) is 16.9. The number of hydrogen-bond acceptors (Lipinski definition) is 4. The third kappa shape index (κ3) is 3.79. The lowest BCUT2D eigenvalue weighted by atomic mass is 9.91. The van der Waals surface area contributed by atoms with Crippen LogP contribution in [0.3, 0.4) is 0 Å². The molecule has 0 spiro atoms. The van der Waals surface area contributed by atoms with Gasteiger partial charge in [-0.25, -0.2) is 4.39 Å². The second-order valence-electron chi connectivity index (χ2n) is 8.48. The molecule has 3 aromatic rings. The summed E-state index contributed by atoms with van der Waals surface area (Å²) in [5.74, 6) is -0.228. The molecule has 154 valence electrons. The fraction of sp³-hybridized carbons (Fsp3) is 0.375. The number of amides is 1. The van der Waals surface area contributed by atoms with Crippen LogP contribution in [0.5, 0.6) is 0 Å². The van der Waals surface area contributed by atoms with Crippen molar-refractivity contribution in [3.63, 3.8) is 0 Å². The van der Waals surface area contributed by atoms with Crippen LogP contribution in [0.2, 0.25) is 0 Å². The van der Waals surface area contributed by atoms with Crippen molar-refractivity contribution < 1.29 is 9.18 Å². The first kappa shape index (κ1) is 19.1. The molecule has 5 nitrogen and oxygen atoms in total. The Labute approximate surface area is 175 Å². The predicted molar refractivity (Wildman–Crippen MR) is 114 cm³/mol. The van der Waals surface area contributed by atoms with Gasteiger partial charge in [0.25, 0.3) is 5.91 Å². The lowest BCUT2D eigenvalue weighted by Crippen LogP contribution is -2.54. The smallest absolute Gasteiger partial charge is 0.256 e. The van der Waals surface area contributed by atoms with E-state index < -0.39 is 5.82 Å².